The van der Waals surface area contributed by atoms with E-state index < -0.39 is 0 Å². The molecule has 0 spiro atoms. The molecule has 0 amide bonds. The van der Waals surface area contributed by atoms with Crippen molar-refractivity contribution in [3.05, 3.63) is 17.2 Å². The van der Waals surface area contributed by atoms with Crippen LogP contribution in [0.1, 0.15) is 59.6 Å². The quantitative estimate of drug-likeness (QED) is 0.570. The van der Waals surface area contributed by atoms with Crippen molar-refractivity contribution in [2.24, 2.45) is 0 Å². The fourth-order valence-corrected chi connectivity index (χ4v) is 3.61. The largest absolute Gasteiger partial charge is 0.504 e. The number of esters is 1. The average Bonchev–Trinajstić information content (AvgIpc) is 2.28. The molecule has 1 atom stereocenters. The van der Waals surface area contributed by atoms with E-state index in [1.807, 2.05) is 27.7 Å². The molecule has 3 nitrogen and oxygen atoms in total. The Hall–Kier alpha value is -1.16. The van der Waals surface area contributed by atoms with Gasteiger partial charge < -0.3 is 9.84 Å². The first-order valence-corrected chi connectivity index (χ1v) is 8.10. The second kappa shape index (κ2) is 4.94. The fraction of sp³-hybridized carbons (Fsp3) is 0.588. The minimum Gasteiger partial charge on any atom is -0.504 e. The van der Waals surface area contributed by atoms with Crippen LogP contribution in [0.2, 0.25) is 0 Å². The first kappa shape index (κ1) is 16.2. The highest BCUT2D eigenvalue weighted by Crippen LogP contribution is 2.51. The van der Waals surface area contributed by atoms with E-state index in [0.29, 0.717) is 5.75 Å². The predicted molar refractivity (Wildman–Crippen MR) is 86.5 cm³/mol. The lowest BCUT2D eigenvalue weighted by atomic mass is 9.80. The highest BCUT2D eigenvalue weighted by atomic mass is 32.2. The van der Waals surface area contributed by atoms with Crippen molar-refractivity contribution in [3.63, 3.8) is 0 Å². The molecular formula is C17H24O3S. The highest BCUT2D eigenvalue weighted by Gasteiger charge is 2.36. The minimum atomic E-state index is -0.297. The molecule has 0 aliphatic carbocycles. The smallest absolute Gasteiger partial charge is 0.324 e. The first-order chi connectivity index (χ1) is 9.43. The molecule has 1 aliphatic heterocycles. The number of rotatable bonds is 0. The second-order valence-corrected chi connectivity index (χ2v) is 9.01. The maximum Gasteiger partial charge on any atom is 0.324 e. The number of phenolic OH excluding ortho intramolecular Hbond substituents is 1. The molecule has 4 heteroatoms. The van der Waals surface area contributed by atoms with E-state index in [4.69, 9.17) is 4.74 Å². The molecule has 1 N–H and O–H groups in total. The van der Waals surface area contributed by atoms with Crippen molar-refractivity contribution >= 4 is 17.7 Å². The number of carbonyl (C=O) groups is 1. The van der Waals surface area contributed by atoms with E-state index in [1.165, 1.54) is 11.8 Å². The van der Waals surface area contributed by atoms with Gasteiger partial charge in [0.15, 0.2) is 11.5 Å². The van der Waals surface area contributed by atoms with Crippen LogP contribution in [-0.4, -0.2) is 16.3 Å². The van der Waals surface area contributed by atoms with Crippen LogP contribution in [0.3, 0.4) is 0 Å². The van der Waals surface area contributed by atoms with E-state index >= 15 is 0 Å². The van der Waals surface area contributed by atoms with Crippen LogP contribution < -0.4 is 4.74 Å². The summed E-state index contributed by atoms with van der Waals surface area (Å²) in [4.78, 5) is 12.8. The van der Waals surface area contributed by atoms with Crippen molar-refractivity contribution in [2.45, 2.75) is 69.4 Å². The van der Waals surface area contributed by atoms with Crippen molar-refractivity contribution in [2.75, 3.05) is 0 Å². The number of phenols is 1. The number of benzene rings is 1. The summed E-state index contributed by atoms with van der Waals surface area (Å²) in [6.07, 6.45) is 0. The van der Waals surface area contributed by atoms with Gasteiger partial charge in [0.2, 0.25) is 0 Å². The summed E-state index contributed by atoms with van der Waals surface area (Å²) in [7, 11) is 0. The zero-order valence-electron chi connectivity index (χ0n) is 13.8. The van der Waals surface area contributed by atoms with Gasteiger partial charge in [0.25, 0.3) is 0 Å². The lowest BCUT2D eigenvalue weighted by Crippen LogP contribution is -2.27. The Morgan fingerprint density at radius 1 is 1.10 bits per heavy atom. The molecule has 0 radical (unpaired) electrons. The fourth-order valence-electron chi connectivity index (χ4n) is 2.38. The van der Waals surface area contributed by atoms with Crippen LogP contribution in [-0.2, 0) is 15.6 Å². The Balaban J connectivity index is 2.78. The van der Waals surface area contributed by atoms with Crippen LogP contribution >= 0.6 is 11.8 Å². The van der Waals surface area contributed by atoms with Crippen LogP contribution in [0.4, 0.5) is 0 Å². The Labute approximate surface area is 131 Å². The standard InChI is InChI=1S/C17H24O3S/c1-9-15(19)20-13-12(18)10(16(2,3)4)8-11(14(13)21-9)17(5,6)7/h8-9,18H,1-7H3/t9-/m0/s1. The van der Waals surface area contributed by atoms with Gasteiger partial charge in [0.05, 0.1) is 4.90 Å². The van der Waals surface area contributed by atoms with Crippen molar-refractivity contribution < 1.29 is 14.6 Å². The number of carbonyl (C=O) groups excluding carboxylic acids is 1. The highest BCUT2D eigenvalue weighted by molar-refractivity contribution is 8.00. The third kappa shape index (κ3) is 2.91. The average molecular weight is 308 g/mol. The van der Waals surface area contributed by atoms with Gasteiger partial charge in [-0.05, 0) is 29.4 Å². The molecule has 116 valence electrons. The van der Waals surface area contributed by atoms with Crippen LogP contribution in [0.5, 0.6) is 11.5 Å². The van der Waals surface area contributed by atoms with Gasteiger partial charge in [0.1, 0.15) is 5.25 Å². The van der Waals surface area contributed by atoms with Crippen LogP contribution in [0.15, 0.2) is 11.0 Å². The monoisotopic (exact) mass is 308 g/mol. The number of hydrogen-bond acceptors (Lipinski definition) is 4. The summed E-state index contributed by atoms with van der Waals surface area (Å²) in [5, 5.41) is 10.3. The Bertz CT molecular complexity index is 592. The maximum atomic E-state index is 11.9. The van der Waals surface area contributed by atoms with Crippen LogP contribution in [0, 0.1) is 0 Å². The number of fused-ring (bicyclic) bond motifs is 1. The number of ether oxygens (including phenoxy) is 1. The van der Waals surface area contributed by atoms with Crippen molar-refractivity contribution in [1.82, 2.24) is 0 Å². The molecule has 2 rings (SSSR count). The zero-order valence-corrected chi connectivity index (χ0v) is 14.6. The Morgan fingerprint density at radius 3 is 2.10 bits per heavy atom. The SMILES string of the molecule is C[C@@H]1Sc2c(C(C)(C)C)cc(C(C)(C)C)c(O)c2OC1=O. The maximum absolute atomic E-state index is 11.9. The molecule has 0 saturated heterocycles. The summed E-state index contributed by atoms with van der Waals surface area (Å²) in [5.41, 5.74) is 1.62. The third-order valence-corrected chi connectivity index (χ3v) is 4.84. The zero-order chi connectivity index (χ0) is 16.2. The van der Waals surface area contributed by atoms with E-state index in [1.54, 1.807) is 0 Å². The number of thioether (sulfide) groups is 1. The molecule has 1 aliphatic rings. The van der Waals surface area contributed by atoms with Gasteiger partial charge in [-0.15, -0.1) is 11.8 Å². The lowest BCUT2D eigenvalue weighted by molar-refractivity contribution is -0.134. The van der Waals surface area contributed by atoms with Crippen molar-refractivity contribution in [3.8, 4) is 11.5 Å². The topological polar surface area (TPSA) is 46.5 Å². The summed E-state index contributed by atoms with van der Waals surface area (Å²) >= 11 is 1.47. The Kier molecular flexibility index (Phi) is 3.81. The van der Waals surface area contributed by atoms with E-state index in [0.717, 1.165) is 16.0 Å². The summed E-state index contributed by atoms with van der Waals surface area (Å²) < 4.78 is 5.44. The number of hydrogen-bond donors (Lipinski definition) is 1. The molecule has 1 aromatic carbocycles. The molecule has 1 heterocycles. The molecular weight excluding hydrogens is 284 g/mol. The van der Waals surface area contributed by atoms with Gasteiger partial charge in [-0.25, -0.2) is 0 Å². The Morgan fingerprint density at radius 2 is 1.62 bits per heavy atom. The molecule has 0 fully saturated rings. The van der Waals surface area contributed by atoms with Crippen LogP contribution in [0.25, 0.3) is 0 Å². The second-order valence-electron chi connectivity index (χ2n) is 7.66. The third-order valence-electron chi connectivity index (χ3n) is 3.65. The van der Waals surface area contributed by atoms with Gasteiger partial charge >= 0.3 is 5.97 Å². The van der Waals surface area contributed by atoms with Gasteiger partial charge in [0, 0.05) is 5.56 Å². The molecule has 0 bridgehead atoms. The molecule has 0 unspecified atom stereocenters. The molecule has 1 aromatic rings. The van der Waals surface area contributed by atoms with Crippen molar-refractivity contribution in [1.29, 1.82) is 0 Å². The summed E-state index contributed by atoms with van der Waals surface area (Å²) in [6.45, 7) is 14.4. The lowest BCUT2D eigenvalue weighted by Gasteiger charge is -2.32. The molecule has 0 aromatic heterocycles. The van der Waals surface area contributed by atoms with E-state index in [-0.39, 0.29) is 27.8 Å². The summed E-state index contributed by atoms with van der Waals surface area (Å²) in [6, 6.07) is 2.06. The van der Waals surface area contributed by atoms with E-state index in [9.17, 15) is 9.90 Å². The predicted octanol–water partition coefficient (Wildman–Crippen LogP) is 4.39. The van der Waals surface area contributed by atoms with Gasteiger partial charge in [-0.2, -0.15) is 0 Å². The van der Waals surface area contributed by atoms with E-state index in [2.05, 4.69) is 26.8 Å². The van der Waals surface area contributed by atoms with Gasteiger partial charge in [-0.3, -0.25) is 4.79 Å². The molecule has 21 heavy (non-hydrogen) atoms. The number of aromatic hydroxyl groups is 1. The van der Waals surface area contributed by atoms with Gasteiger partial charge in [-0.1, -0.05) is 41.5 Å². The molecule has 0 saturated carbocycles. The summed E-state index contributed by atoms with van der Waals surface area (Å²) in [5.74, 6) is 0.132. The minimum absolute atomic E-state index is 0.0890. The normalized spacial score (nSPS) is 19.2. The first-order valence-electron chi connectivity index (χ1n) is 7.22.